The molecule has 0 aliphatic heterocycles. The normalized spacial score (nSPS) is 11.6. The van der Waals surface area contributed by atoms with Crippen LogP contribution in [0.4, 0.5) is 5.13 Å². The molecule has 0 fully saturated rings. The van der Waals surface area contributed by atoms with Gasteiger partial charge in [-0.3, -0.25) is 9.59 Å². The van der Waals surface area contributed by atoms with Gasteiger partial charge in [0, 0.05) is 27.6 Å². The lowest BCUT2D eigenvalue weighted by atomic mass is 10.1. The largest absolute Gasteiger partial charge is 0.342 e. The SMILES string of the molecule is C=CCn1c(SCC(=O)Nc2nc(-c3ccccc3)c(C)s2)nnc1C(C)NC(=O)c1cccc(Cl)c1. The Balaban J connectivity index is 1.40. The number of thioether (sulfide) groups is 1. The number of nitrogens with one attached hydrogen (secondary N) is 2. The van der Waals surface area contributed by atoms with Crippen molar-refractivity contribution in [2.45, 2.75) is 31.6 Å². The van der Waals surface area contributed by atoms with E-state index in [1.54, 1.807) is 30.3 Å². The summed E-state index contributed by atoms with van der Waals surface area (Å²) in [5.41, 5.74) is 2.32. The van der Waals surface area contributed by atoms with Gasteiger partial charge in [0.05, 0.1) is 17.5 Å². The number of hydrogen-bond acceptors (Lipinski definition) is 7. The molecule has 2 N–H and O–H groups in total. The summed E-state index contributed by atoms with van der Waals surface area (Å²) in [6.45, 7) is 8.04. The predicted molar refractivity (Wildman–Crippen MR) is 149 cm³/mol. The highest BCUT2D eigenvalue weighted by Crippen LogP contribution is 2.30. The molecule has 0 saturated heterocycles. The lowest BCUT2D eigenvalue weighted by Gasteiger charge is -2.15. The van der Waals surface area contributed by atoms with Crippen LogP contribution in [0, 0.1) is 6.92 Å². The smallest absolute Gasteiger partial charge is 0.251 e. The number of halogens is 1. The molecule has 0 bridgehead atoms. The number of aryl methyl sites for hydroxylation is 1. The number of rotatable bonds is 10. The fourth-order valence-corrected chi connectivity index (χ4v) is 5.40. The summed E-state index contributed by atoms with van der Waals surface area (Å²) < 4.78 is 1.83. The molecule has 37 heavy (non-hydrogen) atoms. The van der Waals surface area contributed by atoms with Crippen LogP contribution in [-0.2, 0) is 11.3 Å². The van der Waals surface area contributed by atoms with Crippen molar-refractivity contribution < 1.29 is 9.59 Å². The molecular formula is C26H25ClN6O2S2. The van der Waals surface area contributed by atoms with E-state index in [0.717, 1.165) is 16.1 Å². The standard InChI is InChI=1S/C26H25ClN6O2S2/c1-4-13-33-23(16(2)28-24(35)19-11-8-12-20(27)14-19)31-32-26(33)36-15-21(34)29-25-30-22(17(3)37-25)18-9-6-5-7-10-18/h4-12,14,16H,1,13,15H2,2-3H3,(H,28,35)(H,29,30,34). The van der Waals surface area contributed by atoms with Crippen LogP contribution < -0.4 is 10.6 Å². The van der Waals surface area contributed by atoms with Gasteiger partial charge in [-0.1, -0.05) is 65.8 Å². The highest BCUT2D eigenvalue weighted by atomic mass is 35.5. The van der Waals surface area contributed by atoms with Crippen LogP contribution in [0.15, 0.2) is 72.4 Å². The van der Waals surface area contributed by atoms with Crippen LogP contribution in [0.25, 0.3) is 11.3 Å². The second kappa shape index (κ2) is 12.2. The van der Waals surface area contributed by atoms with Crippen molar-refractivity contribution in [3.05, 3.63) is 88.5 Å². The number of hydrogen-bond donors (Lipinski definition) is 2. The fraction of sp³-hybridized carbons (Fsp3) is 0.192. The molecule has 190 valence electrons. The predicted octanol–water partition coefficient (Wildman–Crippen LogP) is 5.77. The molecule has 0 spiro atoms. The molecule has 2 amide bonds. The van der Waals surface area contributed by atoms with E-state index >= 15 is 0 Å². The first-order valence-electron chi connectivity index (χ1n) is 11.4. The maximum Gasteiger partial charge on any atom is 0.251 e. The first kappa shape index (κ1) is 26.6. The quantitative estimate of drug-likeness (QED) is 0.191. The number of aromatic nitrogens is 4. The zero-order chi connectivity index (χ0) is 26.4. The summed E-state index contributed by atoms with van der Waals surface area (Å²) in [5, 5.41) is 15.9. The molecule has 0 radical (unpaired) electrons. The highest BCUT2D eigenvalue weighted by Gasteiger charge is 2.21. The number of anilines is 1. The first-order chi connectivity index (χ1) is 17.9. The number of nitrogens with zero attached hydrogens (tertiary/aromatic N) is 4. The van der Waals surface area contributed by atoms with E-state index < -0.39 is 6.04 Å². The Bertz CT molecular complexity index is 1420. The highest BCUT2D eigenvalue weighted by molar-refractivity contribution is 7.99. The molecule has 2 aromatic carbocycles. The molecule has 1 atom stereocenters. The summed E-state index contributed by atoms with van der Waals surface area (Å²) in [6.07, 6.45) is 1.71. The maximum atomic E-state index is 12.7. The molecule has 0 aliphatic rings. The van der Waals surface area contributed by atoms with Gasteiger partial charge in [0.25, 0.3) is 5.91 Å². The van der Waals surface area contributed by atoms with Crippen LogP contribution in [0.1, 0.15) is 34.0 Å². The maximum absolute atomic E-state index is 12.7. The van der Waals surface area contributed by atoms with Crippen molar-refractivity contribution in [1.29, 1.82) is 0 Å². The molecule has 4 aromatic rings. The van der Waals surface area contributed by atoms with Crippen molar-refractivity contribution in [3.8, 4) is 11.3 Å². The van der Waals surface area contributed by atoms with Crippen LogP contribution in [0.5, 0.6) is 0 Å². The monoisotopic (exact) mass is 552 g/mol. The molecule has 11 heteroatoms. The van der Waals surface area contributed by atoms with Crippen LogP contribution in [0.2, 0.25) is 5.02 Å². The van der Waals surface area contributed by atoms with Gasteiger partial charge < -0.3 is 15.2 Å². The van der Waals surface area contributed by atoms with E-state index in [0.29, 0.717) is 33.2 Å². The Hall–Kier alpha value is -3.47. The zero-order valence-electron chi connectivity index (χ0n) is 20.3. The molecule has 2 heterocycles. The van der Waals surface area contributed by atoms with Crippen LogP contribution in [-0.4, -0.2) is 37.3 Å². The van der Waals surface area contributed by atoms with E-state index in [4.69, 9.17) is 11.6 Å². The summed E-state index contributed by atoms with van der Waals surface area (Å²) in [4.78, 5) is 30.9. The zero-order valence-corrected chi connectivity index (χ0v) is 22.7. The van der Waals surface area contributed by atoms with Gasteiger partial charge in [-0.2, -0.15) is 0 Å². The third-order valence-corrected chi connectivity index (χ3v) is 7.39. The molecule has 8 nitrogen and oxygen atoms in total. The Morgan fingerprint density at radius 2 is 1.97 bits per heavy atom. The molecule has 0 saturated carbocycles. The molecule has 0 aliphatic carbocycles. The van der Waals surface area contributed by atoms with Crippen molar-refractivity contribution in [1.82, 2.24) is 25.1 Å². The van der Waals surface area contributed by atoms with Crippen LogP contribution >= 0.6 is 34.7 Å². The van der Waals surface area contributed by atoms with E-state index in [9.17, 15) is 9.59 Å². The van der Waals surface area contributed by atoms with Gasteiger partial charge in [0.2, 0.25) is 5.91 Å². The third-order valence-electron chi connectivity index (χ3n) is 5.30. The molecule has 2 aromatic heterocycles. The minimum absolute atomic E-state index is 0.123. The lowest BCUT2D eigenvalue weighted by molar-refractivity contribution is -0.113. The summed E-state index contributed by atoms with van der Waals surface area (Å²) in [5.74, 6) is 0.208. The average molecular weight is 553 g/mol. The summed E-state index contributed by atoms with van der Waals surface area (Å²) >= 11 is 8.69. The van der Waals surface area contributed by atoms with E-state index in [2.05, 4.69) is 32.4 Å². The summed E-state index contributed by atoms with van der Waals surface area (Å²) in [7, 11) is 0. The first-order valence-corrected chi connectivity index (χ1v) is 13.6. The number of carbonyl (C=O) groups excluding carboxylic acids is 2. The molecule has 4 rings (SSSR count). The third kappa shape index (κ3) is 6.65. The number of thiazole rings is 1. The van der Waals surface area contributed by atoms with Crippen molar-refractivity contribution in [2.24, 2.45) is 0 Å². The number of benzene rings is 2. The van der Waals surface area contributed by atoms with Crippen molar-refractivity contribution in [2.75, 3.05) is 11.1 Å². The second-order valence-electron chi connectivity index (χ2n) is 8.07. The van der Waals surface area contributed by atoms with Gasteiger partial charge in [0.1, 0.15) is 0 Å². The van der Waals surface area contributed by atoms with Gasteiger partial charge in [-0.15, -0.1) is 28.1 Å². The van der Waals surface area contributed by atoms with Gasteiger partial charge >= 0.3 is 0 Å². The van der Waals surface area contributed by atoms with E-state index in [1.165, 1.54) is 23.1 Å². The minimum atomic E-state index is -0.434. The Morgan fingerprint density at radius 1 is 1.19 bits per heavy atom. The average Bonchev–Trinajstić information content (AvgIpc) is 3.46. The topological polar surface area (TPSA) is 102 Å². The van der Waals surface area contributed by atoms with Crippen LogP contribution in [0.3, 0.4) is 0 Å². The van der Waals surface area contributed by atoms with Gasteiger partial charge in [-0.05, 0) is 32.0 Å². The Kier molecular flexibility index (Phi) is 8.75. The van der Waals surface area contributed by atoms with Crippen molar-refractivity contribution >= 4 is 51.6 Å². The number of carbonyl (C=O) groups is 2. The second-order valence-corrected chi connectivity index (χ2v) is 10.7. The molecular weight excluding hydrogens is 528 g/mol. The van der Waals surface area contributed by atoms with Gasteiger partial charge in [-0.25, -0.2) is 4.98 Å². The fourth-order valence-electron chi connectivity index (χ4n) is 3.60. The van der Waals surface area contributed by atoms with E-state index in [1.807, 2.05) is 48.7 Å². The summed E-state index contributed by atoms with van der Waals surface area (Å²) in [6, 6.07) is 16.1. The Labute approximate surface area is 228 Å². The Morgan fingerprint density at radius 3 is 2.70 bits per heavy atom. The molecule has 1 unspecified atom stereocenters. The number of allylic oxidation sites excluding steroid dienone is 1. The number of amides is 2. The van der Waals surface area contributed by atoms with E-state index in [-0.39, 0.29) is 17.6 Å². The lowest BCUT2D eigenvalue weighted by Crippen LogP contribution is -2.28. The van der Waals surface area contributed by atoms with Gasteiger partial charge in [0.15, 0.2) is 16.1 Å². The van der Waals surface area contributed by atoms with Crippen molar-refractivity contribution in [3.63, 3.8) is 0 Å². The minimum Gasteiger partial charge on any atom is -0.342 e.